The third-order valence-corrected chi connectivity index (χ3v) is 5.78. The summed E-state index contributed by atoms with van der Waals surface area (Å²) in [7, 11) is 0. The minimum absolute atomic E-state index is 0.0184. The van der Waals surface area contributed by atoms with E-state index in [4.69, 9.17) is 4.74 Å². The van der Waals surface area contributed by atoms with E-state index in [9.17, 15) is 4.79 Å². The first-order chi connectivity index (χ1) is 12.9. The second-order valence-electron chi connectivity index (χ2n) is 8.42. The topological polar surface area (TPSA) is 42.1 Å². The van der Waals surface area contributed by atoms with Gasteiger partial charge in [-0.05, 0) is 59.9 Å². The molecule has 2 heterocycles. The van der Waals surface area contributed by atoms with Gasteiger partial charge in [-0.15, -0.1) is 0 Å². The maximum atomic E-state index is 12.2. The first-order valence-corrected chi connectivity index (χ1v) is 9.78. The van der Waals surface area contributed by atoms with Gasteiger partial charge in [0.1, 0.15) is 11.9 Å². The number of fused-ring (bicyclic) bond motifs is 2. The van der Waals surface area contributed by atoms with E-state index >= 15 is 0 Å². The monoisotopic (exact) mass is 361 g/mol. The highest BCUT2D eigenvalue weighted by Crippen LogP contribution is 2.37. The summed E-state index contributed by atoms with van der Waals surface area (Å²) in [6, 6.07) is 14.9. The largest absolute Gasteiger partial charge is 0.490 e. The number of H-pyrrole nitrogens is 1. The number of aromatic amines is 1. The number of nitrogens with one attached hydrogen (secondary N) is 1. The molecule has 0 saturated heterocycles. The molecular formula is C24H27NO2. The first-order valence-electron chi connectivity index (χ1n) is 9.78. The van der Waals surface area contributed by atoms with E-state index < -0.39 is 0 Å². The van der Waals surface area contributed by atoms with Crippen molar-refractivity contribution in [2.24, 2.45) is 0 Å². The van der Waals surface area contributed by atoms with Crippen LogP contribution in [0.4, 0.5) is 0 Å². The van der Waals surface area contributed by atoms with Crippen molar-refractivity contribution in [1.29, 1.82) is 0 Å². The average molecular weight is 361 g/mol. The molecule has 3 nitrogen and oxygen atoms in total. The van der Waals surface area contributed by atoms with Crippen molar-refractivity contribution in [2.75, 3.05) is 0 Å². The zero-order valence-corrected chi connectivity index (χ0v) is 16.6. The molecule has 0 bridgehead atoms. The Morgan fingerprint density at radius 1 is 1.15 bits per heavy atom. The molecule has 4 rings (SSSR count). The fraction of sp³-hybridized carbons (Fsp3) is 0.375. The van der Waals surface area contributed by atoms with E-state index in [0.29, 0.717) is 0 Å². The predicted octanol–water partition coefficient (Wildman–Crippen LogP) is 5.07. The van der Waals surface area contributed by atoms with Crippen molar-refractivity contribution in [3.63, 3.8) is 0 Å². The van der Waals surface area contributed by atoms with Gasteiger partial charge in [-0.2, -0.15) is 0 Å². The lowest BCUT2D eigenvalue weighted by atomic mass is 9.78. The van der Waals surface area contributed by atoms with Crippen LogP contribution in [0.2, 0.25) is 0 Å². The molecule has 1 aromatic heterocycles. The number of aromatic nitrogens is 1. The van der Waals surface area contributed by atoms with Crippen LogP contribution in [0.3, 0.4) is 0 Å². The Morgan fingerprint density at radius 2 is 1.96 bits per heavy atom. The number of hydrogen-bond acceptors (Lipinski definition) is 2. The third kappa shape index (κ3) is 3.39. The second-order valence-corrected chi connectivity index (χ2v) is 8.42. The molecule has 3 heteroatoms. The van der Waals surface area contributed by atoms with Crippen molar-refractivity contribution in [2.45, 2.75) is 58.5 Å². The standard InChI is InChI=1S/C24H27NO2/c1-5-16-11-17-7-8-19(13-21(17)25-23(16)26)24(3,4)14-20-12-18-10-15(2)6-9-22(18)27-20/h6-11,13,20H,5,12,14H2,1-4H3,(H,25,26)/t20-/m0/s1. The molecular weight excluding hydrogens is 334 g/mol. The Hall–Kier alpha value is -2.55. The van der Waals surface area contributed by atoms with Crippen LogP contribution in [-0.2, 0) is 18.3 Å². The molecule has 0 aliphatic carbocycles. The van der Waals surface area contributed by atoms with Gasteiger partial charge < -0.3 is 9.72 Å². The molecule has 1 atom stereocenters. The van der Waals surface area contributed by atoms with E-state index in [0.717, 1.165) is 41.5 Å². The summed E-state index contributed by atoms with van der Waals surface area (Å²) in [6.07, 6.45) is 2.83. The van der Waals surface area contributed by atoms with Crippen LogP contribution < -0.4 is 10.3 Å². The van der Waals surface area contributed by atoms with Crippen LogP contribution in [0.15, 0.2) is 47.3 Å². The number of ether oxygens (including phenoxy) is 1. The van der Waals surface area contributed by atoms with Gasteiger partial charge >= 0.3 is 0 Å². The molecule has 1 aliphatic rings. The van der Waals surface area contributed by atoms with Crippen LogP contribution in [0.5, 0.6) is 5.75 Å². The Bertz CT molecular complexity index is 1060. The van der Waals surface area contributed by atoms with Gasteiger partial charge in [-0.25, -0.2) is 0 Å². The van der Waals surface area contributed by atoms with Gasteiger partial charge in [-0.3, -0.25) is 4.79 Å². The smallest absolute Gasteiger partial charge is 0.251 e. The molecule has 0 fully saturated rings. The summed E-state index contributed by atoms with van der Waals surface area (Å²) in [6.45, 7) is 8.64. The van der Waals surface area contributed by atoms with Crippen LogP contribution in [-0.4, -0.2) is 11.1 Å². The summed E-state index contributed by atoms with van der Waals surface area (Å²) in [5, 5.41) is 1.09. The molecule has 0 saturated carbocycles. The highest BCUT2D eigenvalue weighted by Gasteiger charge is 2.31. The first kappa shape index (κ1) is 17.8. The molecule has 2 aromatic carbocycles. The van der Waals surface area contributed by atoms with Crippen LogP contribution in [0.1, 0.15) is 49.4 Å². The van der Waals surface area contributed by atoms with Crippen molar-refractivity contribution in [1.82, 2.24) is 4.98 Å². The van der Waals surface area contributed by atoms with Crippen molar-refractivity contribution >= 4 is 10.9 Å². The number of benzene rings is 2. The van der Waals surface area contributed by atoms with Gasteiger partial charge in [-0.1, -0.05) is 50.6 Å². The summed E-state index contributed by atoms with van der Waals surface area (Å²) >= 11 is 0. The van der Waals surface area contributed by atoms with Gasteiger partial charge in [0.25, 0.3) is 5.56 Å². The molecule has 0 amide bonds. The van der Waals surface area contributed by atoms with E-state index in [-0.39, 0.29) is 17.1 Å². The van der Waals surface area contributed by atoms with Crippen LogP contribution in [0.25, 0.3) is 10.9 Å². The Kier molecular flexibility index (Phi) is 4.33. The van der Waals surface area contributed by atoms with E-state index in [2.05, 4.69) is 62.2 Å². The zero-order valence-electron chi connectivity index (χ0n) is 16.6. The van der Waals surface area contributed by atoms with Crippen LogP contribution in [0, 0.1) is 6.92 Å². The second kappa shape index (κ2) is 6.56. The van der Waals surface area contributed by atoms with Gasteiger partial charge in [0.05, 0.1) is 0 Å². The maximum Gasteiger partial charge on any atom is 0.251 e. The summed E-state index contributed by atoms with van der Waals surface area (Å²) in [5.74, 6) is 1.02. The van der Waals surface area contributed by atoms with Gasteiger partial charge in [0, 0.05) is 17.5 Å². The minimum atomic E-state index is -0.0454. The molecule has 140 valence electrons. The number of rotatable bonds is 4. The molecule has 27 heavy (non-hydrogen) atoms. The lowest BCUT2D eigenvalue weighted by molar-refractivity contribution is 0.189. The molecule has 0 radical (unpaired) electrons. The molecule has 0 spiro atoms. The SMILES string of the molecule is CCc1cc2ccc(C(C)(C)C[C@@H]3Cc4cc(C)ccc4O3)cc2[nH]c1=O. The summed E-state index contributed by atoms with van der Waals surface area (Å²) < 4.78 is 6.20. The normalized spacial score (nSPS) is 16.4. The summed E-state index contributed by atoms with van der Waals surface area (Å²) in [4.78, 5) is 15.2. The average Bonchev–Trinajstić information content (AvgIpc) is 3.01. The molecule has 0 unspecified atom stereocenters. The van der Waals surface area contributed by atoms with E-state index in [1.807, 2.05) is 13.0 Å². The van der Waals surface area contributed by atoms with E-state index in [1.165, 1.54) is 16.7 Å². The maximum absolute atomic E-state index is 12.2. The minimum Gasteiger partial charge on any atom is -0.490 e. The predicted molar refractivity (Wildman–Crippen MR) is 111 cm³/mol. The van der Waals surface area contributed by atoms with Gasteiger partial charge in [0.2, 0.25) is 0 Å². The zero-order chi connectivity index (χ0) is 19.2. The van der Waals surface area contributed by atoms with Crippen molar-refractivity contribution in [3.05, 3.63) is 75.1 Å². The Labute approximate surface area is 160 Å². The van der Waals surface area contributed by atoms with Crippen LogP contribution >= 0.6 is 0 Å². The van der Waals surface area contributed by atoms with E-state index in [1.54, 1.807) is 0 Å². The highest BCUT2D eigenvalue weighted by molar-refractivity contribution is 5.80. The fourth-order valence-electron chi connectivity index (χ4n) is 4.18. The molecule has 1 N–H and O–H groups in total. The third-order valence-electron chi connectivity index (χ3n) is 5.78. The number of aryl methyl sites for hydroxylation is 2. The molecule has 3 aromatic rings. The summed E-state index contributed by atoms with van der Waals surface area (Å²) in [5.41, 5.74) is 5.54. The fourth-order valence-corrected chi connectivity index (χ4v) is 4.18. The Morgan fingerprint density at radius 3 is 2.74 bits per heavy atom. The quantitative estimate of drug-likeness (QED) is 0.705. The molecule has 1 aliphatic heterocycles. The highest BCUT2D eigenvalue weighted by atomic mass is 16.5. The lowest BCUT2D eigenvalue weighted by Crippen LogP contribution is -2.27. The Balaban J connectivity index is 1.59. The number of hydrogen-bond donors (Lipinski definition) is 1. The van der Waals surface area contributed by atoms with Crippen molar-refractivity contribution in [3.8, 4) is 5.75 Å². The number of pyridine rings is 1. The van der Waals surface area contributed by atoms with Gasteiger partial charge in [0.15, 0.2) is 0 Å². The lowest BCUT2D eigenvalue weighted by Gasteiger charge is -2.28. The van der Waals surface area contributed by atoms with Crippen molar-refractivity contribution < 1.29 is 4.74 Å².